The molecule has 16 heavy (non-hydrogen) atoms. The molecule has 90 valence electrons. The fourth-order valence-corrected chi connectivity index (χ4v) is 1.44. The maximum Gasteiger partial charge on any atom is 0.128 e. The van der Waals surface area contributed by atoms with Crippen molar-refractivity contribution in [2.75, 3.05) is 18.5 Å². The molecule has 0 fully saturated rings. The van der Waals surface area contributed by atoms with Crippen molar-refractivity contribution >= 4 is 5.82 Å². The average Bonchev–Trinajstić information content (AvgIpc) is 2.26. The molecule has 1 aromatic heterocycles. The molecule has 1 rings (SSSR count). The Morgan fingerprint density at radius 1 is 1.31 bits per heavy atom. The van der Waals surface area contributed by atoms with Gasteiger partial charge in [0.1, 0.15) is 5.82 Å². The van der Waals surface area contributed by atoms with Crippen molar-refractivity contribution in [1.29, 1.82) is 0 Å². The van der Waals surface area contributed by atoms with Crippen LogP contribution in [0.2, 0.25) is 0 Å². The third-order valence-electron chi connectivity index (χ3n) is 2.69. The third kappa shape index (κ3) is 3.81. The fraction of sp³-hybridized carbons (Fsp3) is 0.615. The van der Waals surface area contributed by atoms with E-state index in [2.05, 4.69) is 23.7 Å². The van der Waals surface area contributed by atoms with Crippen molar-refractivity contribution < 1.29 is 5.11 Å². The largest absolute Gasteiger partial charge is 0.389 e. The first kappa shape index (κ1) is 13.0. The number of aromatic nitrogens is 1. The van der Waals surface area contributed by atoms with Crippen LogP contribution < -0.4 is 4.90 Å². The molecule has 0 radical (unpaired) electrons. The van der Waals surface area contributed by atoms with Crippen LogP contribution in [-0.4, -0.2) is 23.7 Å². The van der Waals surface area contributed by atoms with E-state index in [1.165, 1.54) is 0 Å². The van der Waals surface area contributed by atoms with Crippen molar-refractivity contribution in [3.63, 3.8) is 0 Å². The number of aliphatic hydroxyl groups is 1. The highest BCUT2D eigenvalue weighted by Gasteiger charge is 2.05. The van der Waals surface area contributed by atoms with Gasteiger partial charge in [-0.05, 0) is 30.9 Å². The molecule has 0 saturated heterocycles. The van der Waals surface area contributed by atoms with Crippen molar-refractivity contribution in [2.45, 2.75) is 33.3 Å². The molecular formula is C13H22N2O. The second-order valence-electron chi connectivity index (χ2n) is 4.73. The highest BCUT2D eigenvalue weighted by atomic mass is 16.3. The summed E-state index contributed by atoms with van der Waals surface area (Å²) in [6.45, 7) is 7.20. The van der Waals surface area contributed by atoms with Gasteiger partial charge in [0.25, 0.3) is 0 Å². The molecule has 3 nitrogen and oxygen atoms in total. The first-order valence-corrected chi connectivity index (χ1v) is 5.86. The molecule has 1 atom stereocenters. The maximum atomic E-state index is 9.38. The summed E-state index contributed by atoms with van der Waals surface area (Å²) in [6, 6.07) is 3.89. The standard InChI is InChI=1S/C13H22N2O/c1-10(2)7-8-15(4)13-6-5-12(9-14-13)11(3)16/h5-6,9-11,16H,7-8H2,1-4H3. The Hall–Kier alpha value is -1.09. The quantitative estimate of drug-likeness (QED) is 0.832. The van der Waals surface area contributed by atoms with Gasteiger partial charge in [0.05, 0.1) is 6.10 Å². The van der Waals surface area contributed by atoms with Gasteiger partial charge in [0.2, 0.25) is 0 Å². The molecule has 0 aliphatic rings. The van der Waals surface area contributed by atoms with Crippen LogP contribution in [0.25, 0.3) is 0 Å². The molecule has 0 amide bonds. The molecule has 1 aromatic rings. The van der Waals surface area contributed by atoms with Crippen molar-refractivity contribution in [1.82, 2.24) is 4.98 Å². The molecule has 1 heterocycles. The van der Waals surface area contributed by atoms with Crippen LogP contribution in [0.4, 0.5) is 5.82 Å². The molecule has 0 aliphatic heterocycles. The van der Waals surface area contributed by atoms with E-state index in [1.807, 2.05) is 19.2 Å². The summed E-state index contributed by atoms with van der Waals surface area (Å²) in [5.74, 6) is 1.67. The SMILES string of the molecule is CC(C)CCN(C)c1ccc(C(C)O)cn1. The summed E-state index contributed by atoms with van der Waals surface area (Å²) in [6.07, 6.45) is 2.46. The minimum atomic E-state index is -0.442. The number of rotatable bonds is 5. The van der Waals surface area contributed by atoms with Crippen LogP contribution in [0.1, 0.15) is 38.9 Å². The number of hydrogen-bond donors (Lipinski definition) is 1. The van der Waals surface area contributed by atoms with E-state index in [0.29, 0.717) is 5.92 Å². The van der Waals surface area contributed by atoms with Gasteiger partial charge < -0.3 is 10.0 Å². The summed E-state index contributed by atoms with van der Waals surface area (Å²) in [4.78, 5) is 6.49. The van der Waals surface area contributed by atoms with E-state index in [1.54, 1.807) is 13.1 Å². The summed E-state index contributed by atoms with van der Waals surface area (Å²) in [5, 5.41) is 9.38. The molecule has 0 aromatic carbocycles. The molecule has 0 bridgehead atoms. The summed E-state index contributed by atoms with van der Waals surface area (Å²) >= 11 is 0. The lowest BCUT2D eigenvalue weighted by Crippen LogP contribution is -2.20. The van der Waals surface area contributed by atoms with Crippen molar-refractivity contribution in [2.24, 2.45) is 5.92 Å². The van der Waals surface area contributed by atoms with Crippen LogP contribution in [0.15, 0.2) is 18.3 Å². The maximum absolute atomic E-state index is 9.38. The lowest BCUT2D eigenvalue weighted by atomic mass is 10.1. The summed E-state index contributed by atoms with van der Waals surface area (Å²) in [5.41, 5.74) is 0.862. The predicted molar refractivity (Wildman–Crippen MR) is 67.6 cm³/mol. The molecule has 1 unspecified atom stereocenters. The number of hydrogen-bond acceptors (Lipinski definition) is 3. The van der Waals surface area contributed by atoms with E-state index < -0.39 is 6.10 Å². The van der Waals surface area contributed by atoms with Crippen molar-refractivity contribution in [3.05, 3.63) is 23.9 Å². The minimum Gasteiger partial charge on any atom is -0.389 e. The number of anilines is 1. The Balaban J connectivity index is 2.59. The topological polar surface area (TPSA) is 36.4 Å². The normalized spacial score (nSPS) is 12.9. The van der Waals surface area contributed by atoms with E-state index in [9.17, 15) is 5.11 Å². The van der Waals surface area contributed by atoms with E-state index in [4.69, 9.17) is 0 Å². The van der Waals surface area contributed by atoms with Gasteiger partial charge in [-0.25, -0.2) is 4.98 Å². The molecule has 3 heteroatoms. The zero-order valence-corrected chi connectivity index (χ0v) is 10.6. The van der Waals surface area contributed by atoms with E-state index in [-0.39, 0.29) is 0 Å². The number of aliphatic hydroxyl groups excluding tert-OH is 1. The van der Waals surface area contributed by atoms with Gasteiger partial charge in [-0.2, -0.15) is 0 Å². The second-order valence-corrected chi connectivity index (χ2v) is 4.73. The third-order valence-corrected chi connectivity index (χ3v) is 2.69. The van der Waals surface area contributed by atoms with Gasteiger partial charge in [0, 0.05) is 19.8 Å². The fourth-order valence-electron chi connectivity index (χ4n) is 1.44. The Kier molecular flexibility index (Phi) is 4.74. The van der Waals surface area contributed by atoms with Crippen LogP contribution >= 0.6 is 0 Å². The van der Waals surface area contributed by atoms with Crippen LogP contribution in [0.3, 0.4) is 0 Å². The average molecular weight is 222 g/mol. The highest BCUT2D eigenvalue weighted by molar-refractivity contribution is 5.38. The molecule has 0 spiro atoms. The van der Waals surface area contributed by atoms with Crippen LogP contribution in [0.5, 0.6) is 0 Å². The van der Waals surface area contributed by atoms with Crippen LogP contribution in [0, 0.1) is 5.92 Å². The first-order valence-electron chi connectivity index (χ1n) is 5.86. The van der Waals surface area contributed by atoms with Gasteiger partial charge in [-0.3, -0.25) is 0 Å². The summed E-state index contributed by atoms with van der Waals surface area (Å²) < 4.78 is 0. The van der Waals surface area contributed by atoms with Gasteiger partial charge in [-0.15, -0.1) is 0 Å². The second kappa shape index (κ2) is 5.85. The zero-order chi connectivity index (χ0) is 12.1. The Morgan fingerprint density at radius 3 is 2.44 bits per heavy atom. The van der Waals surface area contributed by atoms with Gasteiger partial charge in [-0.1, -0.05) is 19.9 Å². The van der Waals surface area contributed by atoms with Crippen LogP contribution in [-0.2, 0) is 0 Å². The molecule has 1 N–H and O–H groups in total. The molecular weight excluding hydrogens is 200 g/mol. The predicted octanol–water partition coefficient (Wildman–Crippen LogP) is 2.62. The highest BCUT2D eigenvalue weighted by Crippen LogP contribution is 2.15. The number of pyridine rings is 1. The van der Waals surface area contributed by atoms with E-state index in [0.717, 1.165) is 24.3 Å². The smallest absolute Gasteiger partial charge is 0.128 e. The van der Waals surface area contributed by atoms with Gasteiger partial charge in [0.15, 0.2) is 0 Å². The van der Waals surface area contributed by atoms with Crippen molar-refractivity contribution in [3.8, 4) is 0 Å². The monoisotopic (exact) mass is 222 g/mol. The van der Waals surface area contributed by atoms with Gasteiger partial charge >= 0.3 is 0 Å². The Labute approximate surface area is 98.1 Å². The Morgan fingerprint density at radius 2 is 2.00 bits per heavy atom. The Bertz CT molecular complexity index is 306. The number of nitrogens with zero attached hydrogens (tertiary/aromatic N) is 2. The minimum absolute atomic E-state index is 0.442. The molecule has 0 saturated carbocycles. The zero-order valence-electron chi connectivity index (χ0n) is 10.6. The summed E-state index contributed by atoms with van der Waals surface area (Å²) in [7, 11) is 2.05. The lowest BCUT2D eigenvalue weighted by molar-refractivity contribution is 0.199. The first-order chi connectivity index (χ1) is 7.50. The van der Waals surface area contributed by atoms with E-state index >= 15 is 0 Å². The molecule has 0 aliphatic carbocycles. The lowest BCUT2D eigenvalue weighted by Gasteiger charge is -2.19.